The minimum absolute atomic E-state index is 0.0500. The Bertz CT molecular complexity index is 1630. The predicted octanol–water partition coefficient (Wildman–Crippen LogP) is 6.78. The van der Waals surface area contributed by atoms with Crippen molar-refractivity contribution in [3.05, 3.63) is 85.1 Å². The Morgan fingerprint density at radius 3 is 1.31 bits per heavy atom. The highest BCUT2D eigenvalue weighted by atomic mass is 16.6. The molecular weight excluding hydrogens is 897 g/mol. The molecule has 0 saturated carbocycles. The molecule has 4 N–H and O–H groups in total. The first-order valence-electron chi connectivity index (χ1n) is 25.1. The van der Waals surface area contributed by atoms with Crippen molar-refractivity contribution in [2.75, 3.05) is 67.6 Å². The lowest BCUT2D eigenvalue weighted by Gasteiger charge is -2.30. The van der Waals surface area contributed by atoms with Gasteiger partial charge in [-0.3, -0.25) is 19.2 Å². The van der Waals surface area contributed by atoms with Crippen LogP contribution in [0.1, 0.15) is 125 Å². The molecule has 0 spiro atoms. The predicted molar refractivity (Wildman–Crippen MR) is 274 cm³/mol. The quantitative estimate of drug-likeness (QED) is 0.00958. The number of allylic oxidation sites excluding steroid dienone is 11. The van der Waals surface area contributed by atoms with E-state index < -0.39 is 42.5 Å². The number of nitrogens with zero attached hydrogens (tertiary/aromatic N) is 2. The van der Waals surface area contributed by atoms with E-state index in [0.29, 0.717) is 38.8 Å². The molecule has 0 fully saturated rings. The molecule has 0 aliphatic carbocycles. The number of quaternary nitrogens is 2. The Kier molecular flexibility index (Phi) is 36.6. The van der Waals surface area contributed by atoms with Crippen LogP contribution < -0.4 is 10.6 Å². The number of esters is 4. The van der Waals surface area contributed by atoms with Gasteiger partial charge < -0.3 is 48.8 Å². The molecule has 0 aromatic heterocycles. The van der Waals surface area contributed by atoms with Crippen molar-refractivity contribution in [2.45, 2.75) is 155 Å². The summed E-state index contributed by atoms with van der Waals surface area (Å²) in [6.07, 6.45) is 29.3. The van der Waals surface area contributed by atoms with Gasteiger partial charge in [-0.15, -0.1) is 0 Å². The average molecular weight is 987 g/mol. The number of unbranched alkanes of at least 4 members (excludes halogenated alkanes) is 4. The largest absolute Gasteiger partial charge is 0.460 e. The first-order chi connectivity index (χ1) is 33.2. The molecule has 4 unspecified atom stereocenters. The van der Waals surface area contributed by atoms with Crippen molar-refractivity contribution < 1.29 is 66.9 Å². The zero-order valence-electron chi connectivity index (χ0n) is 44.0. The van der Waals surface area contributed by atoms with Crippen LogP contribution in [0.15, 0.2) is 85.1 Å². The minimum Gasteiger partial charge on any atom is -0.460 e. The molecular formula is C54H90N4O12+2. The zero-order chi connectivity index (χ0) is 52.6. The van der Waals surface area contributed by atoms with Crippen LogP contribution in [0.2, 0.25) is 0 Å². The Morgan fingerprint density at radius 2 is 0.943 bits per heavy atom. The van der Waals surface area contributed by atoms with Crippen molar-refractivity contribution >= 4 is 35.7 Å². The van der Waals surface area contributed by atoms with Crippen LogP contribution >= 0.6 is 0 Å². The van der Waals surface area contributed by atoms with Crippen LogP contribution in [0.5, 0.6) is 0 Å². The van der Waals surface area contributed by atoms with Gasteiger partial charge in [-0.25, -0.2) is 9.59 Å². The lowest BCUT2D eigenvalue weighted by Crippen LogP contribution is -2.47. The summed E-state index contributed by atoms with van der Waals surface area (Å²) in [6.45, 7) is 10.1. The Hall–Kier alpha value is -5.16. The summed E-state index contributed by atoms with van der Waals surface area (Å²) < 4.78 is 22.1. The van der Waals surface area contributed by atoms with E-state index in [1.54, 1.807) is 42.5 Å². The molecule has 16 nitrogen and oxygen atoms in total. The van der Waals surface area contributed by atoms with Crippen LogP contribution in [-0.2, 0) is 47.7 Å². The molecule has 0 aliphatic rings. The summed E-state index contributed by atoms with van der Waals surface area (Å²) in [5.74, 6) is -2.27. The van der Waals surface area contributed by atoms with Crippen molar-refractivity contribution in [1.82, 2.24) is 10.6 Å². The highest BCUT2D eigenvalue weighted by molar-refractivity contribution is 5.80. The number of hydrogen-bond acceptors (Lipinski definition) is 12. The highest BCUT2D eigenvalue weighted by Crippen LogP contribution is 2.17. The standard InChI is InChI=1S/C54H88N4O12/c1-10-13-16-17-18-19-20-21-28-35-50(55-51(63)36-29-22-26-31-46(61)48(33-24-14-11-2)69-53(65)42-57(6,7)38-40-67-44(4)59)56-52(64)37-30-23-27-32-47(62)49(34-25-15-12-3)70-54(66)43-58(8,9)39-41-68-45(5)60/h10,13,16-23,26-28,35,46-50,61-62H,11-12,14-15,24-25,29-34,36-43H2,1-9H3/p+2/b13-10+,17-16+,19-18+,21-20+,26-22?,27-23?,35-28+. The molecule has 0 saturated heterocycles. The summed E-state index contributed by atoms with van der Waals surface area (Å²) >= 11 is 0. The number of hydrogen-bond donors (Lipinski definition) is 4. The highest BCUT2D eigenvalue weighted by Gasteiger charge is 2.29. The Balaban J connectivity index is 5.52. The van der Waals surface area contributed by atoms with Crippen LogP contribution in [0.25, 0.3) is 0 Å². The van der Waals surface area contributed by atoms with Crippen molar-refractivity contribution in [2.24, 2.45) is 0 Å². The number of amides is 2. The first-order valence-corrected chi connectivity index (χ1v) is 25.1. The van der Waals surface area contributed by atoms with E-state index in [0.717, 1.165) is 38.5 Å². The molecule has 0 aliphatic heterocycles. The van der Waals surface area contributed by atoms with E-state index >= 15 is 0 Å². The molecule has 16 heteroatoms. The maximum atomic E-state index is 13.1. The van der Waals surface area contributed by atoms with Gasteiger partial charge in [0, 0.05) is 26.7 Å². The Morgan fingerprint density at radius 1 is 0.557 bits per heavy atom. The van der Waals surface area contributed by atoms with Crippen molar-refractivity contribution in [1.29, 1.82) is 0 Å². The van der Waals surface area contributed by atoms with Gasteiger partial charge in [0.05, 0.1) is 40.4 Å². The molecule has 4 atom stereocenters. The second kappa shape index (κ2) is 39.5. The second-order valence-corrected chi connectivity index (χ2v) is 18.7. The van der Waals surface area contributed by atoms with Gasteiger partial charge in [-0.1, -0.05) is 119 Å². The van der Waals surface area contributed by atoms with E-state index in [-0.39, 0.29) is 84.7 Å². The lowest BCUT2D eigenvalue weighted by molar-refractivity contribution is -0.883. The van der Waals surface area contributed by atoms with Gasteiger partial charge >= 0.3 is 23.9 Å². The number of ether oxygens (including phenoxy) is 4. The van der Waals surface area contributed by atoms with Gasteiger partial charge in [-0.05, 0) is 64.4 Å². The van der Waals surface area contributed by atoms with E-state index in [2.05, 4.69) is 24.5 Å². The third-order valence-electron chi connectivity index (χ3n) is 10.8. The number of nitrogens with one attached hydrogen (secondary N) is 2. The van der Waals surface area contributed by atoms with Crippen molar-refractivity contribution in [3.63, 3.8) is 0 Å². The third-order valence-corrected chi connectivity index (χ3v) is 10.8. The third kappa shape index (κ3) is 37.7. The zero-order valence-corrected chi connectivity index (χ0v) is 44.0. The van der Waals surface area contributed by atoms with Crippen LogP contribution in [0.4, 0.5) is 0 Å². The summed E-state index contributed by atoms with van der Waals surface area (Å²) in [4.78, 5) is 74.3. The lowest BCUT2D eigenvalue weighted by atomic mass is 10.0. The summed E-state index contributed by atoms with van der Waals surface area (Å²) in [6, 6.07) is 0. The molecule has 0 heterocycles. The topological polar surface area (TPSA) is 204 Å². The smallest absolute Gasteiger partial charge is 0.362 e. The molecule has 0 aromatic carbocycles. The van der Waals surface area contributed by atoms with E-state index in [1.807, 2.05) is 77.6 Å². The molecule has 0 bridgehead atoms. The first kappa shape index (κ1) is 64.8. The fourth-order valence-corrected chi connectivity index (χ4v) is 6.73. The number of likely N-dealkylation sites (N-methyl/N-ethyl adjacent to an activating group) is 2. The molecule has 70 heavy (non-hydrogen) atoms. The van der Waals surface area contributed by atoms with Gasteiger partial charge in [-0.2, -0.15) is 0 Å². The average Bonchev–Trinajstić information content (AvgIpc) is 3.26. The molecule has 396 valence electrons. The number of carbonyl (C=O) groups is 6. The molecule has 0 aromatic rings. The minimum atomic E-state index is -0.939. The maximum Gasteiger partial charge on any atom is 0.362 e. The normalized spacial score (nSPS) is 14.7. The maximum absolute atomic E-state index is 13.1. The number of aliphatic hydroxyl groups excluding tert-OH is 2. The molecule has 0 radical (unpaired) electrons. The van der Waals surface area contributed by atoms with Crippen LogP contribution in [0, 0.1) is 0 Å². The number of carbonyl (C=O) groups excluding carboxylic acids is 6. The van der Waals surface area contributed by atoms with Crippen molar-refractivity contribution in [3.8, 4) is 0 Å². The van der Waals surface area contributed by atoms with Gasteiger partial charge in [0.15, 0.2) is 13.1 Å². The van der Waals surface area contributed by atoms with Crippen LogP contribution in [0.3, 0.4) is 0 Å². The Labute approximate surface area is 419 Å². The number of rotatable bonds is 39. The summed E-state index contributed by atoms with van der Waals surface area (Å²) in [5.41, 5.74) is 0. The fraction of sp³-hybridized carbons (Fsp3) is 0.630. The second-order valence-electron chi connectivity index (χ2n) is 18.7. The number of aliphatic hydroxyl groups is 2. The van der Waals surface area contributed by atoms with Gasteiger partial charge in [0.25, 0.3) is 0 Å². The fourth-order valence-electron chi connectivity index (χ4n) is 6.73. The summed E-state index contributed by atoms with van der Waals surface area (Å²) in [5, 5.41) is 27.8. The van der Waals surface area contributed by atoms with Crippen LogP contribution in [-0.4, -0.2) is 153 Å². The SMILES string of the molecule is C/C=C/C=C/C=C/C=C/C=C/C(NC(=O)CCC=CCC(O)C(CCCCC)OC(=O)C[N+](C)(C)CCOC(C)=O)NC(=O)CCC=CCC(O)C(CCCCC)OC(=O)C[N+](C)(C)CCOC(C)=O. The van der Waals surface area contributed by atoms with Gasteiger partial charge in [0.1, 0.15) is 44.7 Å². The van der Waals surface area contributed by atoms with Gasteiger partial charge in [0.2, 0.25) is 11.8 Å². The van der Waals surface area contributed by atoms with E-state index in [9.17, 15) is 39.0 Å². The molecule has 2 amide bonds. The summed E-state index contributed by atoms with van der Waals surface area (Å²) in [7, 11) is 7.36. The molecule has 0 rings (SSSR count). The van der Waals surface area contributed by atoms with E-state index in [4.69, 9.17) is 18.9 Å². The monoisotopic (exact) mass is 987 g/mol. The van der Waals surface area contributed by atoms with E-state index in [1.165, 1.54) is 13.8 Å².